The molecular weight excluding hydrogens is 371 g/mol. The molecule has 0 aliphatic rings. The minimum atomic E-state index is -0.547. The maximum Gasteiger partial charge on any atom is 0.292 e. The molecule has 0 radical (unpaired) electrons. The number of nitro benzene ring substituents is 1. The van der Waals surface area contributed by atoms with Crippen LogP contribution in [-0.2, 0) is 4.79 Å². The normalized spacial score (nSPS) is 11.8. The van der Waals surface area contributed by atoms with Crippen molar-refractivity contribution in [2.75, 3.05) is 5.32 Å². The molecule has 1 aromatic heterocycles. The first kappa shape index (κ1) is 18.6. The summed E-state index contributed by atoms with van der Waals surface area (Å²) in [4.78, 5) is 30.1. The molecule has 1 amide bonds. The third kappa shape index (κ3) is 4.50. The van der Waals surface area contributed by atoms with Crippen molar-refractivity contribution in [3.8, 4) is 11.3 Å². The molecule has 138 valence electrons. The van der Waals surface area contributed by atoms with Crippen LogP contribution in [0.25, 0.3) is 11.3 Å². The summed E-state index contributed by atoms with van der Waals surface area (Å²) in [5.74, 6) is -0.706. The van der Waals surface area contributed by atoms with E-state index in [0.29, 0.717) is 10.9 Å². The summed E-state index contributed by atoms with van der Waals surface area (Å²) >= 11 is 1.18. The Kier molecular flexibility index (Phi) is 5.51. The van der Waals surface area contributed by atoms with Crippen molar-refractivity contribution in [2.24, 2.45) is 0 Å². The van der Waals surface area contributed by atoms with Crippen LogP contribution in [0.1, 0.15) is 6.92 Å². The average molecular weight is 386 g/mol. The molecule has 1 atom stereocenters. The summed E-state index contributed by atoms with van der Waals surface area (Å²) in [5, 5.41) is 13.6. The van der Waals surface area contributed by atoms with Gasteiger partial charge in [0.25, 0.3) is 5.69 Å². The van der Waals surface area contributed by atoms with Gasteiger partial charge in [-0.2, -0.15) is 0 Å². The van der Waals surface area contributed by atoms with E-state index in [0.717, 1.165) is 5.56 Å². The molecule has 0 saturated heterocycles. The summed E-state index contributed by atoms with van der Waals surface area (Å²) in [5.41, 5.74) is 1.45. The van der Waals surface area contributed by atoms with E-state index >= 15 is 0 Å². The number of nitrogens with zero attached hydrogens (tertiary/aromatic N) is 2. The lowest BCUT2D eigenvalue weighted by Crippen LogP contribution is -2.23. The Morgan fingerprint density at radius 3 is 2.67 bits per heavy atom. The van der Waals surface area contributed by atoms with Crippen LogP contribution in [0.3, 0.4) is 0 Å². The molecule has 1 heterocycles. The van der Waals surface area contributed by atoms with Crippen LogP contribution in [0.15, 0.2) is 59.9 Å². The second-order valence-corrected chi connectivity index (χ2v) is 6.96. The number of imidazole rings is 1. The number of carbonyl (C=O) groups excluding carboxylic acids is 1. The Morgan fingerprint density at radius 2 is 1.96 bits per heavy atom. The van der Waals surface area contributed by atoms with Crippen LogP contribution in [0.5, 0.6) is 0 Å². The number of hydrogen-bond donors (Lipinski definition) is 2. The monoisotopic (exact) mass is 386 g/mol. The van der Waals surface area contributed by atoms with Crippen LogP contribution in [-0.4, -0.2) is 26.0 Å². The third-order valence-electron chi connectivity index (χ3n) is 3.72. The number of para-hydroxylation sites is 2. The number of hydrogen-bond acceptors (Lipinski definition) is 5. The number of carbonyl (C=O) groups is 1. The number of nitro groups is 1. The third-order valence-corrected chi connectivity index (χ3v) is 4.72. The van der Waals surface area contributed by atoms with Crippen molar-refractivity contribution < 1.29 is 14.1 Å². The molecule has 0 bridgehead atoms. The molecule has 0 aliphatic heterocycles. The molecule has 2 N–H and O–H groups in total. The van der Waals surface area contributed by atoms with Crippen molar-refractivity contribution in [2.45, 2.75) is 17.3 Å². The second kappa shape index (κ2) is 8.00. The summed E-state index contributed by atoms with van der Waals surface area (Å²) in [7, 11) is 0. The Labute approximate surface area is 158 Å². The molecule has 3 aromatic rings. The predicted molar refractivity (Wildman–Crippen MR) is 101 cm³/mol. The van der Waals surface area contributed by atoms with Gasteiger partial charge < -0.3 is 10.3 Å². The highest BCUT2D eigenvalue weighted by molar-refractivity contribution is 8.00. The highest BCUT2D eigenvalue weighted by Gasteiger charge is 2.20. The van der Waals surface area contributed by atoms with E-state index in [4.69, 9.17) is 0 Å². The zero-order chi connectivity index (χ0) is 19.4. The first-order chi connectivity index (χ1) is 12.9. The number of halogens is 1. The predicted octanol–water partition coefficient (Wildman–Crippen LogP) is 4.24. The number of aromatic nitrogens is 2. The number of thioether (sulfide) groups is 1. The van der Waals surface area contributed by atoms with Crippen LogP contribution in [0.4, 0.5) is 15.8 Å². The SMILES string of the molecule is C[C@H](Sc1ncc(-c2ccc(F)cc2)[nH]1)C(=O)Nc1ccccc1[N+](=O)[O-]. The highest BCUT2D eigenvalue weighted by Crippen LogP contribution is 2.27. The van der Waals surface area contributed by atoms with E-state index in [1.807, 2.05) is 0 Å². The summed E-state index contributed by atoms with van der Waals surface area (Å²) in [6.45, 7) is 1.68. The Bertz CT molecular complexity index is 975. The lowest BCUT2D eigenvalue weighted by Gasteiger charge is -2.10. The van der Waals surface area contributed by atoms with Crippen LogP contribution in [0, 0.1) is 15.9 Å². The molecule has 0 saturated carbocycles. The Hall–Kier alpha value is -3.20. The van der Waals surface area contributed by atoms with Crippen molar-refractivity contribution in [1.82, 2.24) is 9.97 Å². The fraction of sp³-hybridized carbons (Fsp3) is 0.111. The quantitative estimate of drug-likeness (QED) is 0.375. The number of anilines is 1. The number of amides is 1. The fourth-order valence-corrected chi connectivity index (χ4v) is 3.12. The molecule has 0 spiro atoms. The van der Waals surface area contributed by atoms with Gasteiger partial charge in [-0.25, -0.2) is 9.37 Å². The van der Waals surface area contributed by atoms with Gasteiger partial charge in [-0.3, -0.25) is 14.9 Å². The minimum Gasteiger partial charge on any atom is -0.333 e. The number of rotatable bonds is 6. The summed E-state index contributed by atoms with van der Waals surface area (Å²) in [6.07, 6.45) is 1.60. The van der Waals surface area contributed by atoms with Crippen molar-refractivity contribution in [3.63, 3.8) is 0 Å². The van der Waals surface area contributed by atoms with Gasteiger partial charge in [-0.1, -0.05) is 23.9 Å². The van der Waals surface area contributed by atoms with E-state index in [1.165, 1.54) is 42.1 Å². The first-order valence-electron chi connectivity index (χ1n) is 7.96. The number of aromatic amines is 1. The lowest BCUT2D eigenvalue weighted by atomic mass is 10.2. The van der Waals surface area contributed by atoms with E-state index in [2.05, 4.69) is 15.3 Å². The molecular formula is C18H15FN4O3S. The zero-order valence-electron chi connectivity index (χ0n) is 14.2. The topological polar surface area (TPSA) is 101 Å². The molecule has 27 heavy (non-hydrogen) atoms. The first-order valence-corrected chi connectivity index (χ1v) is 8.84. The van der Waals surface area contributed by atoms with Crippen molar-refractivity contribution in [3.05, 3.63) is 70.7 Å². The Morgan fingerprint density at radius 1 is 1.26 bits per heavy atom. The van der Waals surface area contributed by atoms with E-state index in [-0.39, 0.29) is 23.1 Å². The standard InChI is InChI=1S/C18H15FN4O3S/c1-11(17(24)21-14-4-2-3-5-16(14)23(25)26)27-18-20-10-15(22-18)12-6-8-13(19)9-7-12/h2-11H,1H3,(H,20,22)(H,21,24)/t11-/m0/s1. The molecule has 0 fully saturated rings. The number of nitrogens with one attached hydrogen (secondary N) is 2. The largest absolute Gasteiger partial charge is 0.333 e. The van der Waals surface area contributed by atoms with E-state index in [1.54, 1.807) is 31.3 Å². The molecule has 0 aliphatic carbocycles. The molecule has 9 heteroatoms. The van der Waals surface area contributed by atoms with Gasteiger partial charge in [-0.05, 0) is 42.8 Å². The zero-order valence-corrected chi connectivity index (χ0v) is 15.0. The van der Waals surface area contributed by atoms with Gasteiger partial charge in [0.05, 0.1) is 22.1 Å². The van der Waals surface area contributed by atoms with E-state index in [9.17, 15) is 19.3 Å². The second-order valence-electron chi connectivity index (χ2n) is 5.63. The maximum absolute atomic E-state index is 13.0. The highest BCUT2D eigenvalue weighted by atomic mass is 32.2. The molecule has 3 rings (SSSR count). The van der Waals surface area contributed by atoms with Gasteiger partial charge in [0.2, 0.25) is 5.91 Å². The van der Waals surface area contributed by atoms with Gasteiger partial charge in [-0.15, -0.1) is 0 Å². The fourth-order valence-electron chi connectivity index (χ4n) is 2.33. The molecule has 0 unspecified atom stereocenters. The van der Waals surface area contributed by atoms with Gasteiger partial charge in [0, 0.05) is 6.07 Å². The summed E-state index contributed by atoms with van der Waals surface area (Å²) in [6, 6.07) is 11.9. The van der Waals surface area contributed by atoms with Crippen LogP contribution in [0.2, 0.25) is 0 Å². The smallest absolute Gasteiger partial charge is 0.292 e. The lowest BCUT2D eigenvalue weighted by molar-refractivity contribution is -0.383. The van der Waals surface area contributed by atoms with Crippen LogP contribution >= 0.6 is 11.8 Å². The average Bonchev–Trinajstić information content (AvgIpc) is 3.11. The summed E-state index contributed by atoms with van der Waals surface area (Å²) < 4.78 is 13.0. The van der Waals surface area contributed by atoms with Gasteiger partial charge in [0.1, 0.15) is 11.5 Å². The van der Waals surface area contributed by atoms with Gasteiger partial charge >= 0.3 is 0 Å². The molecule has 7 nitrogen and oxygen atoms in total. The van der Waals surface area contributed by atoms with Crippen LogP contribution < -0.4 is 5.32 Å². The number of H-pyrrole nitrogens is 1. The Balaban J connectivity index is 1.67. The minimum absolute atomic E-state index is 0.145. The van der Waals surface area contributed by atoms with Crippen molar-refractivity contribution in [1.29, 1.82) is 0 Å². The number of benzene rings is 2. The van der Waals surface area contributed by atoms with E-state index < -0.39 is 10.2 Å². The van der Waals surface area contributed by atoms with Crippen molar-refractivity contribution >= 4 is 29.0 Å². The molecule has 2 aromatic carbocycles. The van der Waals surface area contributed by atoms with Gasteiger partial charge in [0.15, 0.2) is 5.16 Å². The maximum atomic E-state index is 13.0.